The monoisotopic (exact) mass is 552 g/mol. The van der Waals surface area contributed by atoms with Gasteiger partial charge in [0.25, 0.3) is 5.91 Å². The van der Waals surface area contributed by atoms with E-state index < -0.39 is 10.0 Å². The SMILES string of the molecule is Cc1cc(C)cc(S(=O)(=O)N2CCN(CC(=O)c3ccccc3C(=O)N3CCC4(CC3)CN=C(N)N4)CC2)c1. The second kappa shape index (κ2) is 10.7. The Morgan fingerprint density at radius 1 is 0.949 bits per heavy atom. The lowest BCUT2D eigenvalue weighted by Gasteiger charge is -2.39. The molecule has 2 fully saturated rings. The van der Waals surface area contributed by atoms with Crippen LogP contribution in [0.4, 0.5) is 0 Å². The lowest BCUT2D eigenvalue weighted by molar-refractivity contribution is 0.0663. The Labute approximate surface area is 229 Å². The molecule has 2 aromatic carbocycles. The molecule has 11 heteroatoms. The molecule has 1 amide bonds. The Bertz CT molecular complexity index is 1390. The summed E-state index contributed by atoms with van der Waals surface area (Å²) in [5, 5.41) is 3.26. The van der Waals surface area contributed by atoms with Crippen molar-refractivity contribution in [2.45, 2.75) is 37.1 Å². The van der Waals surface area contributed by atoms with Gasteiger partial charge in [-0.1, -0.05) is 24.3 Å². The van der Waals surface area contributed by atoms with Crippen LogP contribution in [0.5, 0.6) is 0 Å². The fourth-order valence-electron chi connectivity index (χ4n) is 5.74. The lowest BCUT2D eigenvalue weighted by atomic mass is 9.88. The molecule has 2 saturated heterocycles. The first-order chi connectivity index (χ1) is 18.6. The summed E-state index contributed by atoms with van der Waals surface area (Å²) in [5.74, 6) is 0.163. The summed E-state index contributed by atoms with van der Waals surface area (Å²) in [6, 6.07) is 12.3. The third kappa shape index (κ3) is 5.70. The number of nitrogens with zero attached hydrogens (tertiary/aromatic N) is 4. The molecule has 39 heavy (non-hydrogen) atoms. The van der Waals surface area contributed by atoms with Gasteiger partial charge in [0.05, 0.1) is 29.1 Å². The van der Waals surface area contributed by atoms with Gasteiger partial charge in [-0.3, -0.25) is 19.5 Å². The zero-order valence-electron chi connectivity index (χ0n) is 22.5. The van der Waals surface area contributed by atoms with Crippen molar-refractivity contribution in [2.75, 3.05) is 52.4 Å². The third-order valence-corrected chi connectivity index (χ3v) is 9.82. The maximum atomic E-state index is 13.4. The number of nitrogens with one attached hydrogen (secondary N) is 1. The van der Waals surface area contributed by atoms with E-state index in [0.29, 0.717) is 67.8 Å². The van der Waals surface area contributed by atoms with Gasteiger partial charge in [-0.2, -0.15) is 4.31 Å². The standard InChI is InChI=1S/C28H36N6O4S/c1-20-15-21(2)17-22(16-20)39(37,38)34-13-11-32(12-14-34)18-25(35)23-5-3-4-6-24(23)26(36)33-9-7-28(8-10-33)19-30-27(29)31-28/h3-6,15-17H,7-14,18-19H2,1-2H3,(H3,29,30,31). The number of ketones is 1. The minimum absolute atomic E-state index is 0.130. The number of amides is 1. The largest absolute Gasteiger partial charge is 0.370 e. The molecule has 10 nitrogen and oxygen atoms in total. The number of aliphatic imine (C=N–C) groups is 1. The number of hydrogen-bond acceptors (Lipinski definition) is 8. The highest BCUT2D eigenvalue weighted by molar-refractivity contribution is 7.89. The van der Waals surface area contributed by atoms with Gasteiger partial charge in [0.15, 0.2) is 11.7 Å². The van der Waals surface area contributed by atoms with E-state index in [1.54, 1.807) is 41.3 Å². The predicted molar refractivity (Wildman–Crippen MR) is 149 cm³/mol. The molecule has 3 N–H and O–H groups in total. The molecule has 0 unspecified atom stereocenters. The van der Waals surface area contributed by atoms with Gasteiger partial charge < -0.3 is 16.0 Å². The summed E-state index contributed by atoms with van der Waals surface area (Å²) < 4.78 is 27.9. The molecule has 0 atom stereocenters. The fourth-order valence-corrected chi connectivity index (χ4v) is 7.35. The molecule has 208 valence electrons. The number of likely N-dealkylation sites (tertiary alicyclic amines) is 1. The van der Waals surface area contributed by atoms with E-state index in [1.165, 1.54) is 4.31 Å². The van der Waals surface area contributed by atoms with Crippen molar-refractivity contribution in [1.29, 1.82) is 0 Å². The smallest absolute Gasteiger partial charge is 0.254 e. The predicted octanol–water partition coefficient (Wildman–Crippen LogP) is 1.39. The average molecular weight is 553 g/mol. The van der Waals surface area contributed by atoms with E-state index in [-0.39, 0.29) is 23.8 Å². The van der Waals surface area contributed by atoms with Gasteiger partial charge in [-0.05, 0) is 56.0 Å². The molecule has 0 saturated carbocycles. The van der Waals surface area contributed by atoms with Crippen molar-refractivity contribution in [2.24, 2.45) is 10.7 Å². The van der Waals surface area contributed by atoms with Crippen LogP contribution in [0.3, 0.4) is 0 Å². The molecule has 0 aliphatic carbocycles. The number of piperazine rings is 1. The number of Topliss-reactive ketones (excluding diaryl/α,β-unsaturated/α-hetero) is 1. The molecular formula is C28H36N6O4S. The summed E-state index contributed by atoms with van der Waals surface area (Å²) in [5.41, 5.74) is 8.25. The number of carbonyl (C=O) groups excluding carboxylic acids is 2. The lowest BCUT2D eigenvalue weighted by Crippen LogP contribution is -2.55. The maximum Gasteiger partial charge on any atom is 0.254 e. The number of piperidine rings is 1. The van der Waals surface area contributed by atoms with E-state index in [0.717, 1.165) is 24.0 Å². The molecule has 0 aromatic heterocycles. The maximum absolute atomic E-state index is 13.4. The number of nitrogens with two attached hydrogens (primary N) is 1. The van der Waals surface area contributed by atoms with Crippen molar-refractivity contribution in [1.82, 2.24) is 19.4 Å². The number of aryl methyl sites for hydroxylation is 2. The van der Waals surface area contributed by atoms with Gasteiger partial charge in [0.2, 0.25) is 10.0 Å². The second-order valence-corrected chi connectivity index (χ2v) is 12.8. The summed E-state index contributed by atoms with van der Waals surface area (Å²) in [7, 11) is -3.60. The summed E-state index contributed by atoms with van der Waals surface area (Å²) >= 11 is 0. The molecular weight excluding hydrogens is 516 g/mol. The van der Waals surface area contributed by atoms with Crippen LogP contribution < -0.4 is 11.1 Å². The molecule has 5 rings (SSSR count). The molecule has 1 spiro atoms. The third-order valence-electron chi connectivity index (χ3n) is 7.94. The number of hydrogen-bond donors (Lipinski definition) is 2. The normalized spacial score (nSPS) is 20.1. The number of carbonyl (C=O) groups is 2. The second-order valence-electron chi connectivity index (χ2n) is 10.9. The van der Waals surface area contributed by atoms with Gasteiger partial charge in [0, 0.05) is 44.8 Å². The molecule has 0 radical (unpaired) electrons. The topological polar surface area (TPSA) is 128 Å². The summed E-state index contributed by atoms with van der Waals surface area (Å²) in [6.45, 7) is 7.15. The molecule has 3 heterocycles. The van der Waals surface area contributed by atoms with Crippen LogP contribution in [0.25, 0.3) is 0 Å². The van der Waals surface area contributed by atoms with E-state index in [9.17, 15) is 18.0 Å². The quantitative estimate of drug-likeness (QED) is 0.518. The van der Waals surface area contributed by atoms with Gasteiger partial charge in [-0.15, -0.1) is 0 Å². The Balaban J connectivity index is 1.20. The van der Waals surface area contributed by atoms with E-state index in [2.05, 4.69) is 10.3 Å². The van der Waals surface area contributed by atoms with Crippen molar-refractivity contribution in [3.05, 3.63) is 64.7 Å². The van der Waals surface area contributed by atoms with Crippen LogP contribution in [0, 0.1) is 13.8 Å². The van der Waals surface area contributed by atoms with Crippen LogP contribution in [0.15, 0.2) is 52.4 Å². The first-order valence-electron chi connectivity index (χ1n) is 13.4. The van der Waals surface area contributed by atoms with Crippen LogP contribution in [0.1, 0.15) is 44.7 Å². The number of benzene rings is 2. The highest BCUT2D eigenvalue weighted by Crippen LogP contribution is 2.27. The Hall–Kier alpha value is -3.28. The Morgan fingerprint density at radius 3 is 2.15 bits per heavy atom. The van der Waals surface area contributed by atoms with Gasteiger partial charge in [0.1, 0.15) is 0 Å². The zero-order valence-corrected chi connectivity index (χ0v) is 23.3. The van der Waals surface area contributed by atoms with Crippen molar-refractivity contribution in [3.8, 4) is 0 Å². The van der Waals surface area contributed by atoms with Gasteiger partial charge in [-0.25, -0.2) is 8.42 Å². The van der Waals surface area contributed by atoms with E-state index in [1.807, 2.05) is 24.8 Å². The Kier molecular flexibility index (Phi) is 7.49. The highest BCUT2D eigenvalue weighted by Gasteiger charge is 2.39. The van der Waals surface area contributed by atoms with Crippen molar-refractivity contribution < 1.29 is 18.0 Å². The first kappa shape index (κ1) is 27.3. The van der Waals surface area contributed by atoms with Crippen LogP contribution in [0.2, 0.25) is 0 Å². The number of rotatable bonds is 6. The number of sulfonamides is 1. The Morgan fingerprint density at radius 2 is 1.56 bits per heavy atom. The molecule has 2 aromatic rings. The molecule has 3 aliphatic rings. The fraction of sp³-hybridized carbons (Fsp3) is 0.464. The zero-order chi connectivity index (χ0) is 27.8. The van der Waals surface area contributed by atoms with Crippen LogP contribution in [-0.2, 0) is 10.0 Å². The first-order valence-corrected chi connectivity index (χ1v) is 14.8. The van der Waals surface area contributed by atoms with Crippen molar-refractivity contribution in [3.63, 3.8) is 0 Å². The van der Waals surface area contributed by atoms with Crippen molar-refractivity contribution >= 4 is 27.7 Å². The minimum Gasteiger partial charge on any atom is -0.370 e. The number of guanidine groups is 1. The molecule has 3 aliphatic heterocycles. The van der Waals surface area contributed by atoms with E-state index in [4.69, 9.17) is 5.73 Å². The van der Waals surface area contributed by atoms with E-state index >= 15 is 0 Å². The average Bonchev–Trinajstić information content (AvgIpc) is 3.28. The molecule has 0 bridgehead atoms. The van der Waals surface area contributed by atoms with Crippen LogP contribution in [-0.4, -0.2) is 98.1 Å². The summed E-state index contributed by atoms with van der Waals surface area (Å²) in [6.07, 6.45) is 1.49. The summed E-state index contributed by atoms with van der Waals surface area (Å²) in [4.78, 5) is 35.1. The van der Waals surface area contributed by atoms with Gasteiger partial charge >= 0.3 is 0 Å². The minimum atomic E-state index is -3.60. The highest BCUT2D eigenvalue weighted by atomic mass is 32.2. The van der Waals surface area contributed by atoms with Crippen LogP contribution >= 0.6 is 0 Å².